The first-order valence-corrected chi connectivity index (χ1v) is 8.99. The largest absolute Gasteiger partial charge is 0.481 e. The Hall–Kier alpha value is -3.48. The van der Waals surface area contributed by atoms with Crippen molar-refractivity contribution in [3.05, 3.63) is 77.3 Å². The van der Waals surface area contributed by atoms with Crippen molar-refractivity contribution in [2.75, 3.05) is 0 Å². The molecule has 1 amide bonds. The van der Waals surface area contributed by atoms with Crippen molar-refractivity contribution >= 4 is 17.6 Å². The number of carbonyl (C=O) groups excluding carboxylic acids is 1. The van der Waals surface area contributed by atoms with Crippen molar-refractivity contribution in [3.63, 3.8) is 0 Å². The number of benzene rings is 1. The third kappa shape index (κ3) is 4.25. The molecule has 0 bridgehead atoms. The first-order chi connectivity index (χ1) is 13.5. The third-order valence-electron chi connectivity index (χ3n) is 4.52. The molecule has 7 heteroatoms. The zero-order chi connectivity index (χ0) is 20.1. The number of amides is 1. The zero-order valence-corrected chi connectivity index (χ0v) is 15.8. The van der Waals surface area contributed by atoms with Crippen LogP contribution >= 0.6 is 0 Å². The average molecular weight is 378 g/mol. The lowest BCUT2D eigenvalue weighted by Crippen LogP contribution is -2.28. The van der Waals surface area contributed by atoms with Gasteiger partial charge in [-0.2, -0.15) is 5.10 Å². The zero-order valence-electron chi connectivity index (χ0n) is 15.8. The number of hydrogen-bond donors (Lipinski definition) is 2. The van der Waals surface area contributed by atoms with E-state index < -0.39 is 11.9 Å². The third-order valence-corrected chi connectivity index (χ3v) is 4.52. The Morgan fingerprint density at radius 1 is 1.18 bits per heavy atom. The van der Waals surface area contributed by atoms with E-state index in [9.17, 15) is 14.7 Å². The van der Waals surface area contributed by atoms with Gasteiger partial charge in [-0.1, -0.05) is 36.4 Å². The van der Waals surface area contributed by atoms with Gasteiger partial charge >= 0.3 is 5.97 Å². The highest BCUT2D eigenvalue weighted by Gasteiger charge is 2.37. The van der Waals surface area contributed by atoms with Crippen molar-refractivity contribution in [1.82, 2.24) is 15.3 Å². The maximum atomic E-state index is 13.0. The number of aromatic nitrogens is 1. The van der Waals surface area contributed by atoms with E-state index in [1.165, 1.54) is 11.9 Å². The monoisotopic (exact) mass is 378 g/mol. The van der Waals surface area contributed by atoms with E-state index in [1.807, 2.05) is 48.5 Å². The van der Waals surface area contributed by atoms with Crippen LogP contribution in [0.15, 0.2) is 71.1 Å². The van der Waals surface area contributed by atoms with Crippen LogP contribution in [-0.2, 0) is 22.7 Å². The second kappa shape index (κ2) is 8.47. The van der Waals surface area contributed by atoms with E-state index in [4.69, 9.17) is 0 Å². The number of pyridine rings is 1. The fraction of sp³-hybridized carbons (Fsp3) is 0.238. The van der Waals surface area contributed by atoms with Crippen LogP contribution in [0.5, 0.6) is 0 Å². The first-order valence-electron chi connectivity index (χ1n) is 8.99. The predicted octanol–water partition coefficient (Wildman–Crippen LogP) is 2.56. The molecule has 1 atom stereocenters. The normalized spacial score (nSPS) is 16.6. The van der Waals surface area contributed by atoms with E-state index in [1.54, 1.807) is 13.1 Å². The smallest absolute Gasteiger partial charge is 0.312 e. The fourth-order valence-electron chi connectivity index (χ4n) is 2.91. The van der Waals surface area contributed by atoms with Gasteiger partial charge in [-0.3, -0.25) is 14.6 Å². The van der Waals surface area contributed by atoms with Gasteiger partial charge in [0, 0.05) is 11.9 Å². The quantitative estimate of drug-likeness (QED) is 0.722. The van der Waals surface area contributed by atoms with Crippen LogP contribution in [-0.4, -0.2) is 32.7 Å². The minimum Gasteiger partial charge on any atom is -0.481 e. The minimum atomic E-state index is -1.02. The van der Waals surface area contributed by atoms with E-state index in [-0.39, 0.29) is 18.2 Å². The van der Waals surface area contributed by atoms with E-state index in [2.05, 4.69) is 15.4 Å². The second-order valence-corrected chi connectivity index (χ2v) is 6.57. The number of carbonyl (C=O) groups is 2. The molecule has 2 aromatic rings. The maximum Gasteiger partial charge on any atom is 0.312 e. The van der Waals surface area contributed by atoms with Crippen molar-refractivity contribution in [3.8, 4) is 0 Å². The first kappa shape index (κ1) is 19.3. The lowest BCUT2D eigenvalue weighted by molar-refractivity contribution is -0.138. The van der Waals surface area contributed by atoms with Gasteiger partial charge < -0.3 is 10.4 Å². The molecule has 0 radical (unpaired) electrons. The van der Waals surface area contributed by atoms with Gasteiger partial charge in [-0.15, -0.1) is 0 Å². The lowest BCUT2D eigenvalue weighted by Gasteiger charge is -2.13. The Kier molecular flexibility index (Phi) is 5.84. The lowest BCUT2D eigenvalue weighted by atomic mass is 9.97. The van der Waals surface area contributed by atoms with Crippen LogP contribution < -0.4 is 5.32 Å². The van der Waals surface area contributed by atoms with Crippen molar-refractivity contribution in [2.24, 2.45) is 11.0 Å². The summed E-state index contributed by atoms with van der Waals surface area (Å²) in [6.45, 7) is 4.00. The molecule has 144 valence electrons. The van der Waals surface area contributed by atoms with E-state index >= 15 is 0 Å². The summed E-state index contributed by atoms with van der Waals surface area (Å²) in [6, 6.07) is 15.1. The molecular formula is C21H22N4O3. The summed E-state index contributed by atoms with van der Waals surface area (Å²) in [5.41, 5.74) is 2.89. The number of hydrazone groups is 1. The summed E-state index contributed by atoms with van der Waals surface area (Å²) < 4.78 is 0. The van der Waals surface area contributed by atoms with Gasteiger partial charge in [-0.25, -0.2) is 5.01 Å². The van der Waals surface area contributed by atoms with Crippen molar-refractivity contribution in [2.45, 2.75) is 26.9 Å². The molecule has 7 nitrogen and oxygen atoms in total. The molecule has 2 heterocycles. The highest BCUT2D eigenvalue weighted by molar-refractivity contribution is 6.29. The minimum absolute atomic E-state index is 0.263. The van der Waals surface area contributed by atoms with Crippen LogP contribution in [0.4, 0.5) is 0 Å². The summed E-state index contributed by atoms with van der Waals surface area (Å²) in [4.78, 5) is 28.8. The SMILES string of the molecule is CC(NCc1ccccn1)=C1C(=O)N(Cc2ccccc2)N=C1C(C)C(=O)O. The molecular weight excluding hydrogens is 356 g/mol. The molecule has 1 aromatic carbocycles. The van der Waals surface area contributed by atoms with Gasteiger partial charge in [0.25, 0.3) is 5.91 Å². The van der Waals surface area contributed by atoms with Gasteiger partial charge in [0.1, 0.15) is 0 Å². The van der Waals surface area contributed by atoms with Crippen LogP contribution in [0.2, 0.25) is 0 Å². The van der Waals surface area contributed by atoms with Crippen LogP contribution in [0.3, 0.4) is 0 Å². The Labute approximate surface area is 163 Å². The number of nitrogens with one attached hydrogen (secondary N) is 1. The Bertz CT molecular complexity index is 923. The predicted molar refractivity (Wildman–Crippen MR) is 105 cm³/mol. The van der Waals surface area contributed by atoms with Crippen LogP contribution in [0, 0.1) is 5.92 Å². The summed E-state index contributed by atoms with van der Waals surface area (Å²) in [6.07, 6.45) is 1.70. The molecule has 1 aliphatic rings. The van der Waals surface area contributed by atoms with Crippen molar-refractivity contribution < 1.29 is 14.7 Å². The number of carboxylic acid groups (broad SMARTS) is 1. The van der Waals surface area contributed by atoms with Crippen molar-refractivity contribution in [1.29, 1.82) is 0 Å². The Morgan fingerprint density at radius 2 is 1.89 bits per heavy atom. The number of hydrogen-bond acceptors (Lipinski definition) is 5. The molecule has 0 spiro atoms. The fourth-order valence-corrected chi connectivity index (χ4v) is 2.91. The average Bonchev–Trinajstić information content (AvgIpc) is 3.03. The molecule has 2 N–H and O–H groups in total. The van der Waals surface area contributed by atoms with Gasteiger partial charge in [0.2, 0.25) is 0 Å². The van der Waals surface area contributed by atoms with E-state index in [0.717, 1.165) is 11.3 Å². The summed E-state index contributed by atoms with van der Waals surface area (Å²) in [7, 11) is 0. The van der Waals surface area contributed by atoms with Crippen LogP contribution in [0.1, 0.15) is 25.1 Å². The highest BCUT2D eigenvalue weighted by atomic mass is 16.4. The van der Waals surface area contributed by atoms with Gasteiger partial charge in [0.15, 0.2) is 0 Å². The summed E-state index contributed by atoms with van der Waals surface area (Å²) in [5.74, 6) is -2.23. The topological polar surface area (TPSA) is 94.9 Å². The van der Waals surface area contributed by atoms with Gasteiger partial charge in [0.05, 0.1) is 36.0 Å². The number of aliphatic carboxylic acids is 1. The number of carboxylic acids is 1. The van der Waals surface area contributed by atoms with Gasteiger partial charge in [-0.05, 0) is 31.5 Å². The summed E-state index contributed by atoms with van der Waals surface area (Å²) >= 11 is 0. The highest BCUT2D eigenvalue weighted by Crippen LogP contribution is 2.24. The molecule has 1 aliphatic heterocycles. The standard InChI is InChI=1S/C21H22N4O3/c1-14(21(27)28)19-18(15(2)23-12-17-10-6-7-11-22-17)20(26)25(24-19)13-16-8-4-3-5-9-16/h3-11,14,23H,12-13H2,1-2H3,(H,27,28). The number of nitrogens with zero attached hydrogens (tertiary/aromatic N) is 3. The second-order valence-electron chi connectivity index (χ2n) is 6.57. The number of allylic oxidation sites excluding steroid dienone is 1. The van der Waals surface area contributed by atoms with Crippen LogP contribution in [0.25, 0.3) is 0 Å². The maximum absolute atomic E-state index is 13.0. The Balaban J connectivity index is 1.87. The molecule has 0 saturated heterocycles. The number of rotatable bonds is 7. The Morgan fingerprint density at radius 3 is 2.54 bits per heavy atom. The molecule has 1 aromatic heterocycles. The molecule has 28 heavy (non-hydrogen) atoms. The molecule has 0 fully saturated rings. The molecule has 3 rings (SSSR count). The van der Waals surface area contributed by atoms with E-state index in [0.29, 0.717) is 17.8 Å². The summed E-state index contributed by atoms with van der Waals surface area (Å²) in [5, 5.41) is 18.3. The molecule has 0 aliphatic carbocycles. The molecule has 1 unspecified atom stereocenters. The molecule has 0 saturated carbocycles.